The van der Waals surface area contributed by atoms with Crippen molar-refractivity contribution in [1.29, 1.82) is 0 Å². The molecule has 3 aromatic rings. The number of hydrogen-bond acceptors (Lipinski definition) is 2. The van der Waals surface area contributed by atoms with Crippen LogP contribution in [-0.4, -0.2) is 9.67 Å². The molecule has 0 aliphatic rings. The van der Waals surface area contributed by atoms with Crippen LogP contribution in [0.15, 0.2) is 48.5 Å². The van der Waals surface area contributed by atoms with Crippen molar-refractivity contribution in [2.45, 2.75) is 6.18 Å². The molecule has 0 saturated carbocycles. The van der Waals surface area contributed by atoms with Crippen LogP contribution in [0.3, 0.4) is 0 Å². The molecule has 1 heterocycles. The van der Waals surface area contributed by atoms with Crippen LogP contribution in [-0.2, 0) is 13.2 Å². The SMILES string of the molecule is Cn1c(N)c(-c2cc(C(F)(F)F)ccc2F)c(O)c1-c1ccccc1. The third-order valence-corrected chi connectivity index (χ3v) is 4.02. The lowest BCUT2D eigenvalue weighted by atomic mass is 10.0. The molecule has 0 saturated heterocycles. The van der Waals surface area contributed by atoms with E-state index >= 15 is 0 Å². The second kappa shape index (κ2) is 5.84. The third kappa shape index (κ3) is 2.82. The molecule has 130 valence electrons. The van der Waals surface area contributed by atoms with Crippen molar-refractivity contribution < 1.29 is 22.7 Å². The highest BCUT2D eigenvalue weighted by atomic mass is 19.4. The van der Waals surface area contributed by atoms with Gasteiger partial charge in [0.2, 0.25) is 0 Å². The highest BCUT2D eigenvalue weighted by Crippen LogP contribution is 2.46. The molecule has 3 rings (SSSR count). The Morgan fingerprint density at radius 3 is 2.28 bits per heavy atom. The van der Waals surface area contributed by atoms with E-state index in [1.165, 1.54) is 4.57 Å². The highest BCUT2D eigenvalue weighted by Gasteiger charge is 2.32. The number of nitrogen functional groups attached to an aromatic ring is 1. The molecule has 25 heavy (non-hydrogen) atoms. The van der Waals surface area contributed by atoms with Gasteiger partial charge in [-0.1, -0.05) is 30.3 Å². The van der Waals surface area contributed by atoms with Gasteiger partial charge in [-0.05, 0) is 18.2 Å². The average Bonchev–Trinajstić information content (AvgIpc) is 2.78. The van der Waals surface area contributed by atoms with Gasteiger partial charge in [-0.2, -0.15) is 13.2 Å². The zero-order chi connectivity index (χ0) is 18.4. The number of halogens is 4. The summed E-state index contributed by atoms with van der Waals surface area (Å²) in [6.07, 6.45) is -4.64. The van der Waals surface area contributed by atoms with Crippen molar-refractivity contribution in [3.05, 3.63) is 59.9 Å². The second-order valence-electron chi connectivity index (χ2n) is 5.57. The summed E-state index contributed by atoms with van der Waals surface area (Å²) >= 11 is 0. The molecule has 1 aromatic heterocycles. The van der Waals surface area contributed by atoms with Crippen molar-refractivity contribution in [3.63, 3.8) is 0 Å². The van der Waals surface area contributed by atoms with Crippen molar-refractivity contribution in [2.75, 3.05) is 5.73 Å². The molecule has 0 atom stereocenters. The molecule has 3 N–H and O–H groups in total. The smallest absolute Gasteiger partial charge is 0.416 e. The monoisotopic (exact) mass is 350 g/mol. The van der Waals surface area contributed by atoms with Crippen molar-refractivity contribution >= 4 is 5.82 Å². The van der Waals surface area contributed by atoms with Crippen LogP contribution in [0, 0.1) is 5.82 Å². The normalized spacial score (nSPS) is 11.7. The molecule has 0 unspecified atom stereocenters. The second-order valence-corrected chi connectivity index (χ2v) is 5.57. The van der Waals surface area contributed by atoms with Gasteiger partial charge in [0.05, 0.1) is 16.8 Å². The van der Waals surface area contributed by atoms with E-state index < -0.39 is 23.1 Å². The number of benzene rings is 2. The number of hydrogen-bond donors (Lipinski definition) is 2. The van der Waals surface area contributed by atoms with Crippen LogP contribution < -0.4 is 5.73 Å². The molecule has 7 heteroatoms. The minimum Gasteiger partial charge on any atom is -0.505 e. The fraction of sp³-hybridized carbons (Fsp3) is 0.111. The summed E-state index contributed by atoms with van der Waals surface area (Å²) in [5.74, 6) is -1.31. The topological polar surface area (TPSA) is 51.2 Å². The van der Waals surface area contributed by atoms with Gasteiger partial charge >= 0.3 is 6.18 Å². The maximum Gasteiger partial charge on any atom is 0.416 e. The van der Waals surface area contributed by atoms with Crippen molar-refractivity contribution in [1.82, 2.24) is 4.57 Å². The fourth-order valence-electron chi connectivity index (χ4n) is 2.77. The van der Waals surface area contributed by atoms with E-state index in [0.29, 0.717) is 29.5 Å². The fourth-order valence-corrected chi connectivity index (χ4v) is 2.77. The van der Waals surface area contributed by atoms with Crippen LogP contribution >= 0.6 is 0 Å². The van der Waals surface area contributed by atoms with Gasteiger partial charge in [0, 0.05) is 18.2 Å². The highest BCUT2D eigenvalue weighted by molar-refractivity contribution is 5.89. The molecule has 0 aliphatic heterocycles. The molecule has 2 aromatic carbocycles. The minimum atomic E-state index is -4.64. The summed E-state index contributed by atoms with van der Waals surface area (Å²) < 4.78 is 54.5. The summed E-state index contributed by atoms with van der Waals surface area (Å²) in [5.41, 5.74) is 5.27. The van der Waals surface area contributed by atoms with Gasteiger partial charge in [-0.15, -0.1) is 0 Å². The van der Waals surface area contributed by atoms with Crippen LogP contribution in [0.25, 0.3) is 22.4 Å². The largest absolute Gasteiger partial charge is 0.505 e. The van der Waals surface area contributed by atoms with Crippen molar-refractivity contribution in [2.24, 2.45) is 7.05 Å². The number of nitrogens with two attached hydrogens (primary N) is 1. The Morgan fingerprint density at radius 2 is 1.68 bits per heavy atom. The molecule has 0 spiro atoms. The first-order valence-corrected chi connectivity index (χ1v) is 7.31. The number of anilines is 1. The van der Waals surface area contributed by atoms with Gasteiger partial charge in [0.25, 0.3) is 0 Å². The summed E-state index contributed by atoms with van der Waals surface area (Å²) in [6.45, 7) is 0. The lowest BCUT2D eigenvalue weighted by molar-refractivity contribution is -0.137. The van der Waals surface area contributed by atoms with E-state index in [1.54, 1.807) is 37.4 Å². The maximum absolute atomic E-state index is 14.2. The van der Waals surface area contributed by atoms with Gasteiger partial charge in [0.15, 0.2) is 5.75 Å². The van der Waals surface area contributed by atoms with E-state index in [2.05, 4.69) is 0 Å². The quantitative estimate of drug-likeness (QED) is 0.652. The van der Waals surface area contributed by atoms with Gasteiger partial charge < -0.3 is 15.4 Å². The summed E-state index contributed by atoms with van der Waals surface area (Å²) in [7, 11) is 1.55. The predicted octanol–water partition coefficient (Wildman–Crippen LogP) is 4.80. The lowest BCUT2D eigenvalue weighted by Gasteiger charge is -2.10. The van der Waals surface area contributed by atoms with Gasteiger partial charge in [-0.25, -0.2) is 4.39 Å². The molecule has 0 fully saturated rings. The lowest BCUT2D eigenvalue weighted by Crippen LogP contribution is -2.06. The number of alkyl halides is 3. The van der Waals surface area contributed by atoms with E-state index in [9.17, 15) is 22.7 Å². The van der Waals surface area contributed by atoms with E-state index in [0.717, 1.165) is 0 Å². The molecule has 0 radical (unpaired) electrons. The van der Waals surface area contributed by atoms with Crippen molar-refractivity contribution in [3.8, 4) is 28.1 Å². The number of aromatic nitrogens is 1. The Bertz CT molecular complexity index is 930. The first-order valence-electron chi connectivity index (χ1n) is 7.31. The van der Waals surface area contributed by atoms with Crippen LogP contribution in [0.5, 0.6) is 5.75 Å². The maximum atomic E-state index is 14.2. The molecular formula is C18H14F4N2O. The standard InChI is InChI=1S/C18H14F4N2O/c1-24-15(10-5-3-2-4-6-10)16(25)14(17(24)23)12-9-11(18(20,21)22)7-8-13(12)19/h2-9,25H,23H2,1H3. The predicted molar refractivity (Wildman–Crippen MR) is 87.3 cm³/mol. The van der Waals surface area contributed by atoms with Crippen LogP contribution in [0.4, 0.5) is 23.4 Å². The Kier molecular flexibility index (Phi) is 3.94. The van der Waals surface area contributed by atoms with E-state index in [4.69, 9.17) is 5.73 Å². The van der Waals surface area contributed by atoms with E-state index in [-0.39, 0.29) is 17.1 Å². The Labute approximate surface area is 140 Å². The molecule has 0 aliphatic carbocycles. The number of rotatable bonds is 2. The summed E-state index contributed by atoms with van der Waals surface area (Å²) in [4.78, 5) is 0. The number of aromatic hydroxyl groups is 1. The third-order valence-electron chi connectivity index (χ3n) is 4.02. The zero-order valence-corrected chi connectivity index (χ0v) is 13.1. The minimum absolute atomic E-state index is 0.0328. The Balaban J connectivity index is 2.27. The van der Waals surface area contributed by atoms with Crippen LogP contribution in [0.2, 0.25) is 0 Å². The van der Waals surface area contributed by atoms with Crippen LogP contribution in [0.1, 0.15) is 5.56 Å². The first kappa shape index (κ1) is 16.9. The van der Waals surface area contributed by atoms with Gasteiger partial charge in [0.1, 0.15) is 11.6 Å². The zero-order valence-electron chi connectivity index (χ0n) is 13.1. The van der Waals surface area contributed by atoms with Gasteiger partial charge in [-0.3, -0.25) is 0 Å². The molecule has 0 amide bonds. The molecule has 3 nitrogen and oxygen atoms in total. The van der Waals surface area contributed by atoms with E-state index in [1.807, 2.05) is 0 Å². The number of nitrogens with zero attached hydrogens (tertiary/aromatic N) is 1. The Hall–Kier alpha value is -2.96. The summed E-state index contributed by atoms with van der Waals surface area (Å²) in [6, 6.07) is 10.7. The first-order chi connectivity index (χ1) is 11.7. The Morgan fingerprint density at radius 1 is 1.04 bits per heavy atom. The molecular weight excluding hydrogens is 336 g/mol. The summed E-state index contributed by atoms with van der Waals surface area (Å²) in [5, 5.41) is 10.6. The molecule has 0 bridgehead atoms. The average molecular weight is 350 g/mol.